The maximum absolute atomic E-state index is 12.5. The van der Waals surface area contributed by atoms with E-state index in [4.69, 9.17) is 4.74 Å². The number of methoxy groups -OCH3 is 1. The predicted octanol–water partition coefficient (Wildman–Crippen LogP) is 2.23. The molecule has 4 heteroatoms. The van der Waals surface area contributed by atoms with Crippen LogP contribution >= 0.6 is 0 Å². The monoisotopic (exact) mass is 290 g/mol. The lowest BCUT2D eigenvalue weighted by molar-refractivity contribution is -0.134. The second-order valence-corrected chi connectivity index (χ2v) is 5.82. The molecule has 1 saturated heterocycles. The SMILES string of the molecule is COc1ccccc1CC(C)N(C)C(=O)[C@@H]1CCCCN1. The number of hydrogen-bond donors (Lipinski definition) is 1. The van der Waals surface area contributed by atoms with Gasteiger partial charge in [0.15, 0.2) is 0 Å². The largest absolute Gasteiger partial charge is 0.496 e. The molecule has 2 atom stereocenters. The molecule has 0 spiro atoms. The highest BCUT2D eigenvalue weighted by molar-refractivity contribution is 5.82. The quantitative estimate of drug-likeness (QED) is 0.904. The molecular weight excluding hydrogens is 264 g/mol. The maximum atomic E-state index is 12.5. The molecule has 116 valence electrons. The first-order chi connectivity index (χ1) is 10.1. The number of carbonyl (C=O) groups excluding carboxylic acids is 1. The summed E-state index contributed by atoms with van der Waals surface area (Å²) in [4.78, 5) is 14.4. The molecule has 0 radical (unpaired) electrons. The van der Waals surface area contributed by atoms with Gasteiger partial charge in [0, 0.05) is 13.1 Å². The van der Waals surface area contributed by atoms with E-state index in [1.807, 2.05) is 30.1 Å². The highest BCUT2D eigenvalue weighted by Gasteiger charge is 2.26. The van der Waals surface area contributed by atoms with Gasteiger partial charge in [0.25, 0.3) is 0 Å². The molecule has 1 amide bonds. The smallest absolute Gasteiger partial charge is 0.239 e. The standard InChI is InChI=1S/C17H26N2O2/c1-13(12-14-8-4-5-10-16(14)21-3)19(2)17(20)15-9-6-7-11-18-15/h4-5,8,10,13,15,18H,6-7,9,11-12H2,1-3H3/t13?,15-/m0/s1. The Morgan fingerprint density at radius 3 is 2.86 bits per heavy atom. The molecule has 1 unspecified atom stereocenters. The molecular formula is C17H26N2O2. The first kappa shape index (κ1) is 15.8. The fourth-order valence-corrected chi connectivity index (χ4v) is 2.85. The molecule has 0 aromatic heterocycles. The van der Waals surface area contributed by atoms with Crippen LogP contribution in [0, 0.1) is 0 Å². The summed E-state index contributed by atoms with van der Waals surface area (Å²) in [5, 5.41) is 3.33. The summed E-state index contributed by atoms with van der Waals surface area (Å²) in [6, 6.07) is 8.14. The van der Waals surface area contributed by atoms with E-state index in [0.717, 1.165) is 37.1 Å². The summed E-state index contributed by atoms with van der Waals surface area (Å²) < 4.78 is 5.39. The summed E-state index contributed by atoms with van der Waals surface area (Å²) in [6.07, 6.45) is 4.06. The van der Waals surface area contributed by atoms with Crippen LogP contribution in [-0.4, -0.2) is 43.6 Å². The number of nitrogens with one attached hydrogen (secondary N) is 1. The third kappa shape index (κ3) is 3.97. The number of amides is 1. The number of piperidine rings is 1. The molecule has 0 aliphatic carbocycles. The normalized spacial score (nSPS) is 19.9. The van der Waals surface area contributed by atoms with Crippen molar-refractivity contribution >= 4 is 5.91 Å². The number of benzene rings is 1. The first-order valence-electron chi connectivity index (χ1n) is 7.75. The van der Waals surface area contributed by atoms with Crippen molar-refractivity contribution in [3.05, 3.63) is 29.8 Å². The van der Waals surface area contributed by atoms with Gasteiger partial charge in [0.2, 0.25) is 5.91 Å². The molecule has 0 bridgehead atoms. The Balaban J connectivity index is 1.98. The second-order valence-electron chi connectivity index (χ2n) is 5.82. The number of hydrogen-bond acceptors (Lipinski definition) is 3. The lowest BCUT2D eigenvalue weighted by atomic mass is 10.0. The lowest BCUT2D eigenvalue weighted by Crippen LogP contribution is -2.50. The van der Waals surface area contributed by atoms with E-state index in [1.54, 1.807) is 7.11 Å². The third-order valence-electron chi connectivity index (χ3n) is 4.33. The van der Waals surface area contributed by atoms with E-state index < -0.39 is 0 Å². The van der Waals surface area contributed by atoms with Gasteiger partial charge in [-0.3, -0.25) is 4.79 Å². The molecule has 1 aromatic rings. The highest BCUT2D eigenvalue weighted by Crippen LogP contribution is 2.21. The Hall–Kier alpha value is -1.55. The van der Waals surface area contributed by atoms with Gasteiger partial charge in [-0.25, -0.2) is 0 Å². The van der Waals surface area contributed by atoms with Crippen LogP contribution in [-0.2, 0) is 11.2 Å². The van der Waals surface area contributed by atoms with Crippen molar-refractivity contribution in [2.45, 2.75) is 44.7 Å². The zero-order chi connectivity index (χ0) is 15.2. The Kier molecular flexibility index (Phi) is 5.62. The van der Waals surface area contributed by atoms with Crippen LogP contribution in [0.2, 0.25) is 0 Å². The highest BCUT2D eigenvalue weighted by atomic mass is 16.5. The minimum absolute atomic E-state index is 0.0103. The Labute approximate surface area is 127 Å². The van der Waals surface area contributed by atoms with Gasteiger partial charge in [-0.05, 0) is 44.4 Å². The van der Waals surface area contributed by atoms with Crippen molar-refractivity contribution in [3.8, 4) is 5.75 Å². The van der Waals surface area contributed by atoms with Crippen molar-refractivity contribution in [3.63, 3.8) is 0 Å². The van der Waals surface area contributed by atoms with Gasteiger partial charge in [0.05, 0.1) is 13.2 Å². The van der Waals surface area contributed by atoms with Crippen molar-refractivity contribution in [2.75, 3.05) is 20.7 Å². The summed E-state index contributed by atoms with van der Waals surface area (Å²) in [7, 11) is 3.59. The first-order valence-corrected chi connectivity index (χ1v) is 7.75. The number of nitrogens with zero attached hydrogens (tertiary/aromatic N) is 1. The van der Waals surface area contributed by atoms with Crippen LogP contribution in [0.4, 0.5) is 0 Å². The van der Waals surface area contributed by atoms with Gasteiger partial charge in [0.1, 0.15) is 5.75 Å². The number of carbonyl (C=O) groups is 1. The average Bonchev–Trinajstić information content (AvgIpc) is 2.54. The van der Waals surface area contributed by atoms with Crippen LogP contribution in [0.3, 0.4) is 0 Å². The topological polar surface area (TPSA) is 41.6 Å². The molecule has 1 aliphatic rings. The molecule has 1 aliphatic heterocycles. The number of rotatable bonds is 5. The molecule has 1 aromatic carbocycles. The van der Waals surface area contributed by atoms with Gasteiger partial charge < -0.3 is 15.0 Å². The van der Waals surface area contributed by atoms with E-state index in [9.17, 15) is 4.79 Å². The van der Waals surface area contributed by atoms with E-state index in [2.05, 4.69) is 18.3 Å². The van der Waals surface area contributed by atoms with Crippen LogP contribution in [0.1, 0.15) is 31.7 Å². The Morgan fingerprint density at radius 1 is 1.43 bits per heavy atom. The number of likely N-dealkylation sites (N-methyl/N-ethyl adjacent to an activating group) is 1. The van der Waals surface area contributed by atoms with Crippen LogP contribution < -0.4 is 10.1 Å². The van der Waals surface area contributed by atoms with Gasteiger partial charge in [-0.1, -0.05) is 24.6 Å². The number of ether oxygens (including phenoxy) is 1. The molecule has 0 saturated carbocycles. The van der Waals surface area contributed by atoms with E-state index in [0.29, 0.717) is 0 Å². The summed E-state index contributed by atoms with van der Waals surface area (Å²) in [5.41, 5.74) is 1.14. The number of para-hydroxylation sites is 1. The fraction of sp³-hybridized carbons (Fsp3) is 0.588. The Morgan fingerprint density at radius 2 is 2.19 bits per heavy atom. The molecule has 1 N–H and O–H groups in total. The zero-order valence-corrected chi connectivity index (χ0v) is 13.3. The third-order valence-corrected chi connectivity index (χ3v) is 4.33. The Bertz CT molecular complexity index is 470. The van der Waals surface area contributed by atoms with Crippen molar-refractivity contribution in [1.29, 1.82) is 0 Å². The van der Waals surface area contributed by atoms with Crippen molar-refractivity contribution in [2.24, 2.45) is 0 Å². The predicted molar refractivity (Wildman–Crippen MR) is 84.6 cm³/mol. The summed E-state index contributed by atoms with van der Waals surface area (Å²) >= 11 is 0. The minimum atomic E-state index is -0.0103. The van der Waals surface area contributed by atoms with Gasteiger partial charge in [-0.15, -0.1) is 0 Å². The molecule has 4 nitrogen and oxygen atoms in total. The van der Waals surface area contributed by atoms with Crippen LogP contribution in [0.15, 0.2) is 24.3 Å². The molecule has 2 rings (SSSR count). The van der Waals surface area contributed by atoms with Crippen LogP contribution in [0.5, 0.6) is 5.75 Å². The van der Waals surface area contributed by atoms with Gasteiger partial charge in [-0.2, -0.15) is 0 Å². The molecule has 21 heavy (non-hydrogen) atoms. The molecule has 1 heterocycles. The summed E-state index contributed by atoms with van der Waals surface area (Å²) in [6.45, 7) is 3.04. The second kappa shape index (κ2) is 7.46. The van der Waals surface area contributed by atoms with E-state index in [-0.39, 0.29) is 18.0 Å². The average molecular weight is 290 g/mol. The summed E-state index contributed by atoms with van der Waals surface area (Å²) in [5.74, 6) is 1.10. The maximum Gasteiger partial charge on any atom is 0.239 e. The van der Waals surface area contributed by atoms with E-state index in [1.165, 1.54) is 6.42 Å². The van der Waals surface area contributed by atoms with Crippen molar-refractivity contribution < 1.29 is 9.53 Å². The fourth-order valence-electron chi connectivity index (χ4n) is 2.85. The van der Waals surface area contributed by atoms with Crippen molar-refractivity contribution in [1.82, 2.24) is 10.2 Å². The minimum Gasteiger partial charge on any atom is -0.496 e. The lowest BCUT2D eigenvalue weighted by Gasteiger charge is -2.31. The van der Waals surface area contributed by atoms with Crippen LogP contribution in [0.25, 0.3) is 0 Å². The van der Waals surface area contributed by atoms with Gasteiger partial charge >= 0.3 is 0 Å². The zero-order valence-electron chi connectivity index (χ0n) is 13.3. The van der Waals surface area contributed by atoms with E-state index >= 15 is 0 Å². The molecule has 1 fully saturated rings.